The van der Waals surface area contributed by atoms with E-state index >= 15 is 0 Å². The van der Waals surface area contributed by atoms with Gasteiger partial charge in [0, 0.05) is 6.42 Å². The Labute approximate surface area is 477 Å². The Morgan fingerprint density at radius 3 is 1.36 bits per heavy atom. The van der Waals surface area contributed by atoms with Crippen LogP contribution in [0.5, 0.6) is 0 Å². The van der Waals surface area contributed by atoms with Crippen LogP contribution in [0, 0.1) is 0 Å². The highest BCUT2D eigenvalue weighted by Crippen LogP contribution is 2.26. The van der Waals surface area contributed by atoms with Crippen LogP contribution in [-0.4, -0.2) is 99.6 Å². The molecule has 1 amide bonds. The topological polar surface area (TPSA) is 175 Å². The lowest BCUT2D eigenvalue weighted by atomic mass is 9.99. The fraction of sp³-hybridized carbons (Fsp3) is 0.791. The maximum Gasteiger partial charge on any atom is 0.306 e. The van der Waals surface area contributed by atoms with E-state index in [4.69, 9.17) is 14.2 Å². The summed E-state index contributed by atoms with van der Waals surface area (Å²) in [6, 6.07) is -1.03. The molecule has 1 fully saturated rings. The second-order valence-electron chi connectivity index (χ2n) is 22.1. The van der Waals surface area contributed by atoms with E-state index < -0.39 is 67.4 Å². The van der Waals surface area contributed by atoms with Crippen LogP contribution < -0.4 is 5.32 Å². The van der Waals surface area contributed by atoms with Gasteiger partial charge in [0.1, 0.15) is 24.4 Å². The first-order valence-corrected chi connectivity index (χ1v) is 32.2. The highest BCUT2D eigenvalue weighted by molar-refractivity contribution is 5.80. The van der Waals surface area contributed by atoms with Gasteiger partial charge >= 0.3 is 5.97 Å². The minimum atomic E-state index is -1.62. The Bertz CT molecular complexity index is 1540. The zero-order valence-corrected chi connectivity index (χ0v) is 50.0. The van der Waals surface area contributed by atoms with Crippen molar-refractivity contribution in [1.29, 1.82) is 0 Å². The number of unbranched alkanes of at least 4 members (excludes halogenated alkanes) is 30. The van der Waals surface area contributed by atoms with Crippen LogP contribution in [0.4, 0.5) is 0 Å². The number of carbonyl (C=O) groups excluding carboxylic acids is 2. The molecule has 1 aliphatic rings. The molecular formula is C67H119NO10. The number of allylic oxidation sites excluding steroid dienone is 11. The van der Waals surface area contributed by atoms with Gasteiger partial charge in [-0.05, 0) is 96.3 Å². The number of hydrogen-bond donors (Lipinski definition) is 6. The summed E-state index contributed by atoms with van der Waals surface area (Å²) in [5.41, 5.74) is 0. The van der Waals surface area contributed by atoms with Crippen molar-refractivity contribution < 1.29 is 49.3 Å². The zero-order valence-electron chi connectivity index (χ0n) is 50.0. The summed E-state index contributed by atoms with van der Waals surface area (Å²) in [5.74, 6) is -1.22. The van der Waals surface area contributed by atoms with Crippen LogP contribution in [0.25, 0.3) is 0 Å². The molecule has 1 saturated heterocycles. The molecule has 11 nitrogen and oxygen atoms in total. The molecule has 11 heteroatoms. The van der Waals surface area contributed by atoms with Gasteiger partial charge in [0.25, 0.3) is 0 Å². The lowest BCUT2D eigenvalue weighted by molar-refractivity contribution is -0.305. The summed E-state index contributed by atoms with van der Waals surface area (Å²) < 4.78 is 17.6. The molecule has 0 aromatic rings. The number of aliphatic hydroxyl groups is 5. The first kappa shape index (κ1) is 73.1. The highest BCUT2D eigenvalue weighted by atomic mass is 16.7. The van der Waals surface area contributed by atoms with Gasteiger partial charge in [0.05, 0.1) is 25.4 Å². The number of amides is 1. The monoisotopic (exact) mass is 1100 g/mol. The molecule has 8 atom stereocenters. The fourth-order valence-electron chi connectivity index (χ4n) is 9.69. The van der Waals surface area contributed by atoms with Gasteiger partial charge in [-0.3, -0.25) is 9.59 Å². The number of hydrogen-bond acceptors (Lipinski definition) is 10. The minimum absolute atomic E-state index is 0.113. The van der Waals surface area contributed by atoms with Crippen molar-refractivity contribution in [3.63, 3.8) is 0 Å². The average molecular weight is 1100 g/mol. The summed E-state index contributed by atoms with van der Waals surface area (Å²) in [5, 5.41) is 56.9. The summed E-state index contributed by atoms with van der Waals surface area (Å²) in [6.45, 7) is 5.74. The third kappa shape index (κ3) is 42.0. The molecule has 0 spiro atoms. The molecule has 1 heterocycles. The summed E-state index contributed by atoms with van der Waals surface area (Å²) in [4.78, 5) is 26.5. The predicted molar refractivity (Wildman–Crippen MR) is 324 cm³/mol. The molecule has 0 radical (unpaired) electrons. The largest absolute Gasteiger partial charge is 0.454 e. The molecule has 0 saturated carbocycles. The van der Waals surface area contributed by atoms with Crippen LogP contribution >= 0.6 is 0 Å². The molecular weight excluding hydrogens is 979 g/mol. The van der Waals surface area contributed by atoms with Crippen LogP contribution in [0.2, 0.25) is 0 Å². The number of carbonyl (C=O) groups is 2. The van der Waals surface area contributed by atoms with Crippen molar-refractivity contribution in [1.82, 2.24) is 5.32 Å². The first-order valence-electron chi connectivity index (χ1n) is 32.2. The Kier molecular flexibility index (Phi) is 51.3. The van der Waals surface area contributed by atoms with Gasteiger partial charge in [-0.1, -0.05) is 248 Å². The number of ether oxygens (including phenoxy) is 3. The van der Waals surface area contributed by atoms with Crippen molar-refractivity contribution in [2.45, 2.75) is 327 Å². The standard InChI is InChI=1S/C67H119NO10/c1-4-7-10-13-16-19-22-24-25-26-27-28-29-30-31-32-33-34-35-37-40-43-46-49-52-55-62(72)78-65-64(74)63(73)61(56-69)77-67(65)76-57-58(59(70)53-50-47-44-41-38-21-18-15-12-9-6-3)68-66(75)60(71)54-51-48-45-42-39-36-23-20-17-14-11-8-5-2/h16,19,24-25,27-28,30-31,39,42,50,53,58-61,63-65,67,69-71,73-74H,4-15,17-18,20-23,26,29,32-38,40-41,43-49,51-52,54-57H2,1-3H3,(H,68,75)/b19-16-,25-24-,28-27-,31-30-,42-39-,53-50+. The number of rotatable bonds is 54. The Morgan fingerprint density at radius 2 is 0.885 bits per heavy atom. The van der Waals surface area contributed by atoms with Crippen LogP contribution in [0.1, 0.15) is 278 Å². The molecule has 0 aromatic carbocycles. The smallest absolute Gasteiger partial charge is 0.306 e. The lowest BCUT2D eigenvalue weighted by Crippen LogP contribution is -2.61. The van der Waals surface area contributed by atoms with E-state index in [-0.39, 0.29) is 19.4 Å². The number of esters is 1. The van der Waals surface area contributed by atoms with Crippen LogP contribution in [0.15, 0.2) is 72.9 Å². The summed E-state index contributed by atoms with van der Waals surface area (Å²) in [7, 11) is 0. The number of nitrogens with one attached hydrogen (secondary N) is 1. The second-order valence-corrected chi connectivity index (χ2v) is 22.1. The van der Waals surface area contributed by atoms with E-state index in [1.807, 2.05) is 6.08 Å². The molecule has 0 bridgehead atoms. The first-order chi connectivity index (χ1) is 38.2. The van der Waals surface area contributed by atoms with E-state index in [0.717, 1.165) is 89.9 Å². The minimum Gasteiger partial charge on any atom is -0.454 e. The molecule has 0 aliphatic carbocycles. The third-order valence-electron chi connectivity index (χ3n) is 14.8. The normalized spacial score (nSPS) is 19.4. The summed E-state index contributed by atoms with van der Waals surface area (Å²) >= 11 is 0. The van der Waals surface area contributed by atoms with Gasteiger partial charge in [0.2, 0.25) is 5.91 Å². The highest BCUT2D eigenvalue weighted by Gasteiger charge is 2.47. The van der Waals surface area contributed by atoms with Crippen molar-refractivity contribution in [3.8, 4) is 0 Å². The summed E-state index contributed by atoms with van der Waals surface area (Å²) in [6.07, 6.45) is 59.5. The number of aliphatic hydroxyl groups excluding tert-OH is 5. The van der Waals surface area contributed by atoms with Crippen LogP contribution in [-0.2, 0) is 23.8 Å². The average Bonchev–Trinajstić information content (AvgIpc) is 3.44. The lowest BCUT2D eigenvalue weighted by Gasteiger charge is -2.41. The Balaban J connectivity index is 2.60. The van der Waals surface area contributed by atoms with Gasteiger partial charge in [-0.25, -0.2) is 0 Å². The van der Waals surface area contributed by atoms with Gasteiger partial charge in [-0.15, -0.1) is 0 Å². The van der Waals surface area contributed by atoms with Crippen molar-refractivity contribution in [2.24, 2.45) is 0 Å². The molecule has 1 aliphatic heterocycles. The quantitative estimate of drug-likeness (QED) is 0.0195. The van der Waals surface area contributed by atoms with Gasteiger partial charge < -0.3 is 45.1 Å². The molecule has 452 valence electrons. The second kappa shape index (κ2) is 54.7. The fourth-order valence-corrected chi connectivity index (χ4v) is 9.69. The van der Waals surface area contributed by atoms with Crippen molar-refractivity contribution in [3.05, 3.63) is 72.9 Å². The predicted octanol–water partition coefficient (Wildman–Crippen LogP) is 15.6. The van der Waals surface area contributed by atoms with E-state index in [1.54, 1.807) is 6.08 Å². The maximum absolute atomic E-state index is 13.4. The molecule has 1 rings (SSSR count). The van der Waals surface area contributed by atoms with E-state index in [2.05, 4.69) is 86.8 Å². The Hall–Kier alpha value is -2.90. The maximum atomic E-state index is 13.4. The molecule has 6 N–H and O–H groups in total. The van der Waals surface area contributed by atoms with Gasteiger partial charge in [-0.2, -0.15) is 0 Å². The SMILES string of the molecule is CCCCC/C=C\C/C=C\C/C=C\C/C=C\CCCCCCCCCCCC(=O)OC1C(OCC(NC(=O)C(O)CCCC/C=C\CCCCCCCCC)C(O)/C=C/CCCCCCCCCCC)OC(CO)C(O)C1O. The van der Waals surface area contributed by atoms with E-state index in [0.29, 0.717) is 12.8 Å². The molecule has 0 aromatic heterocycles. The zero-order chi connectivity index (χ0) is 56.8. The Morgan fingerprint density at radius 1 is 0.500 bits per heavy atom. The van der Waals surface area contributed by atoms with E-state index in [9.17, 15) is 35.1 Å². The van der Waals surface area contributed by atoms with Crippen LogP contribution in [0.3, 0.4) is 0 Å². The van der Waals surface area contributed by atoms with Crippen molar-refractivity contribution >= 4 is 11.9 Å². The third-order valence-corrected chi connectivity index (χ3v) is 14.8. The van der Waals surface area contributed by atoms with Crippen molar-refractivity contribution in [2.75, 3.05) is 13.2 Å². The van der Waals surface area contributed by atoms with E-state index in [1.165, 1.54) is 141 Å². The molecule has 78 heavy (non-hydrogen) atoms. The van der Waals surface area contributed by atoms with Gasteiger partial charge in [0.15, 0.2) is 12.4 Å². The molecule has 8 unspecified atom stereocenters.